The number of carbonyl (C=O) groups is 1. The lowest BCUT2D eigenvalue weighted by Gasteiger charge is -2.13. The summed E-state index contributed by atoms with van der Waals surface area (Å²) in [6.45, 7) is 6.32. The predicted octanol–water partition coefficient (Wildman–Crippen LogP) is 4.97. The summed E-state index contributed by atoms with van der Waals surface area (Å²) in [7, 11) is 0. The zero-order valence-corrected chi connectivity index (χ0v) is 16.8. The van der Waals surface area contributed by atoms with E-state index in [0.29, 0.717) is 42.5 Å². The van der Waals surface area contributed by atoms with Crippen LogP contribution in [0.1, 0.15) is 42.5 Å². The van der Waals surface area contributed by atoms with Gasteiger partial charge in [-0.05, 0) is 44.5 Å². The molecular formula is C21H22F3N3O3. The van der Waals surface area contributed by atoms with Crippen molar-refractivity contribution in [1.82, 2.24) is 9.38 Å². The number of nitrogens with zero attached hydrogens (tertiary/aromatic N) is 2. The molecule has 1 aromatic carbocycles. The topological polar surface area (TPSA) is 64.9 Å². The summed E-state index contributed by atoms with van der Waals surface area (Å²) in [6.07, 6.45) is -3.25. The Morgan fingerprint density at radius 3 is 2.40 bits per heavy atom. The van der Waals surface area contributed by atoms with Gasteiger partial charge in [-0.15, -0.1) is 0 Å². The van der Waals surface area contributed by atoms with Crippen molar-refractivity contribution in [3.8, 4) is 11.5 Å². The fourth-order valence-electron chi connectivity index (χ4n) is 3.07. The third-order valence-corrected chi connectivity index (χ3v) is 4.37. The van der Waals surface area contributed by atoms with Crippen LogP contribution in [-0.4, -0.2) is 28.5 Å². The number of ether oxygens (including phenoxy) is 2. The van der Waals surface area contributed by atoms with Crippen LogP contribution in [0.15, 0.2) is 36.5 Å². The Morgan fingerprint density at radius 1 is 1.07 bits per heavy atom. The third-order valence-electron chi connectivity index (χ3n) is 4.37. The van der Waals surface area contributed by atoms with Crippen LogP contribution >= 0.6 is 0 Å². The van der Waals surface area contributed by atoms with E-state index in [1.807, 2.05) is 13.8 Å². The molecule has 0 aliphatic heterocycles. The molecule has 9 heteroatoms. The van der Waals surface area contributed by atoms with Crippen LogP contribution in [0.25, 0.3) is 5.65 Å². The standard InChI is InChI=1S/C21H22F3N3O3/c1-4-15-19(27-12-13(21(22,23)24)7-10-18(27)26-15)20(28)25-14-8-9-16(29-5-2)17(11-14)30-6-3/h7-12H,4-6H2,1-3H3,(H,25,28). The summed E-state index contributed by atoms with van der Waals surface area (Å²) in [5, 5.41) is 2.72. The molecule has 0 radical (unpaired) electrons. The van der Waals surface area contributed by atoms with Gasteiger partial charge in [0.15, 0.2) is 11.5 Å². The number of aryl methyl sites for hydroxylation is 1. The predicted molar refractivity (Wildman–Crippen MR) is 106 cm³/mol. The van der Waals surface area contributed by atoms with Crippen LogP contribution in [0.3, 0.4) is 0 Å². The highest BCUT2D eigenvalue weighted by atomic mass is 19.4. The van der Waals surface area contributed by atoms with Crippen molar-refractivity contribution in [2.75, 3.05) is 18.5 Å². The zero-order valence-electron chi connectivity index (χ0n) is 16.8. The SMILES string of the molecule is CCOc1ccc(NC(=O)c2c(CC)nc3ccc(C(F)(F)F)cn23)cc1OCC. The van der Waals surface area contributed by atoms with Crippen LogP contribution in [0, 0.1) is 0 Å². The van der Waals surface area contributed by atoms with Gasteiger partial charge in [0.05, 0.1) is 24.5 Å². The average Bonchev–Trinajstić information content (AvgIpc) is 3.07. The highest BCUT2D eigenvalue weighted by Crippen LogP contribution is 2.32. The van der Waals surface area contributed by atoms with Crippen LogP contribution < -0.4 is 14.8 Å². The summed E-state index contributed by atoms with van der Waals surface area (Å²) >= 11 is 0. The van der Waals surface area contributed by atoms with E-state index < -0.39 is 17.6 Å². The largest absolute Gasteiger partial charge is 0.490 e. The number of hydrogen-bond donors (Lipinski definition) is 1. The molecule has 0 atom stereocenters. The number of aromatic nitrogens is 2. The van der Waals surface area contributed by atoms with Crippen LogP contribution in [0.2, 0.25) is 0 Å². The summed E-state index contributed by atoms with van der Waals surface area (Å²) < 4.78 is 51.7. The van der Waals surface area contributed by atoms with Gasteiger partial charge in [-0.3, -0.25) is 9.20 Å². The van der Waals surface area contributed by atoms with E-state index in [0.717, 1.165) is 12.3 Å². The molecule has 0 bridgehead atoms. The molecule has 3 aromatic rings. The van der Waals surface area contributed by atoms with Crippen molar-refractivity contribution in [3.05, 3.63) is 53.5 Å². The number of alkyl halides is 3. The zero-order chi connectivity index (χ0) is 21.9. The molecule has 0 aliphatic carbocycles. The van der Waals surface area contributed by atoms with Crippen molar-refractivity contribution in [1.29, 1.82) is 0 Å². The Labute approximate surface area is 171 Å². The first-order valence-electron chi connectivity index (χ1n) is 9.57. The summed E-state index contributed by atoms with van der Waals surface area (Å²) in [5.74, 6) is 0.437. The maximum Gasteiger partial charge on any atom is 0.417 e. The fraction of sp³-hybridized carbons (Fsp3) is 0.333. The van der Waals surface area contributed by atoms with Crippen LogP contribution in [0.4, 0.5) is 18.9 Å². The molecule has 0 aliphatic rings. The fourth-order valence-corrected chi connectivity index (χ4v) is 3.07. The highest BCUT2D eigenvalue weighted by molar-refractivity contribution is 6.04. The molecule has 6 nitrogen and oxygen atoms in total. The molecule has 3 rings (SSSR count). The van der Waals surface area contributed by atoms with E-state index in [2.05, 4.69) is 10.3 Å². The second kappa shape index (κ2) is 8.64. The number of fused-ring (bicyclic) bond motifs is 1. The van der Waals surface area contributed by atoms with Gasteiger partial charge in [-0.2, -0.15) is 13.2 Å². The van der Waals surface area contributed by atoms with Gasteiger partial charge in [0.2, 0.25) is 0 Å². The lowest BCUT2D eigenvalue weighted by Crippen LogP contribution is -2.17. The molecule has 160 valence electrons. The second-order valence-corrected chi connectivity index (χ2v) is 6.39. The number of nitrogens with one attached hydrogen (secondary N) is 1. The van der Waals surface area contributed by atoms with Gasteiger partial charge in [-0.1, -0.05) is 6.92 Å². The average molecular weight is 421 g/mol. The maximum absolute atomic E-state index is 13.1. The Morgan fingerprint density at radius 2 is 1.77 bits per heavy atom. The summed E-state index contributed by atoms with van der Waals surface area (Å²) in [6, 6.07) is 7.12. The smallest absolute Gasteiger partial charge is 0.417 e. The van der Waals surface area contributed by atoms with Crippen LogP contribution in [0.5, 0.6) is 11.5 Å². The molecule has 0 unspecified atom stereocenters. The quantitative estimate of drug-likeness (QED) is 0.585. The Balaban J connectivity index is 1.99. The maximum atomic E-state index is 13.1. The van der Waals surface area contributed by atoms with Crippen molar-refractivity contribution < 1.29 is 27.4 Å². The summed E-state index contributed by atoms with van der Waals surface area (Å²) in [5.41, 5.74) is 0.305. The van der Waals surface area contributed by atoms with E-state index in [1.165, 1.54) is 10.5 Å². The number of carbonyl (C=O) groups excluding carboxylic acids is 1. The van der Waals surface area contributed by atoms with Crippen LogP contribution in [-0.2, 0) is 12.6 Å². The van der Waals surface area contributed by atoms with Crippen molar-refractivity contribution in [2.45, 2.75) is 33.4 Å². The molecule has 2 heterocycles. The second-order valence-electron chi connectivity index (χ2n) is 6.39. The van der Waals surface area contributed by atoms with Gasteiger partial charge in [0, 0.05) is 18.0 Å². The monoisotopic (exact) mass is 421 g/mol. The summed E-state index contributed by atoms with van der Waals surface area (Å²) in [4.78, 5) is 17.3. The number of halogens is 3. The van der Waals surface area contributed by atoms with E-state index in [9.17, 15) is 18.0 Å². The van der Waals surface area contributed by atoms with Gasteiger partial charge < -0.3 is 14.8 Å². The van der Waals surface area contributed by atoms with Crippen molar-refractivity contribution >= 4 is 17.2 Å². The Kier molecular flexibility index (Phi) is 6.19. The Hall–Kier alpha value is -3.23. The van der Waals surface area contributed by atoms with Crippen molar-refractivity contribution in [2.24, 2.45) is 0 Å². The minimum absolute atomic E-state index is 0.0606. The van der Waals surface area contributed by atoms with Gasteiger partial charge in [-0.25, -0.2) is 4.98 Å². The number of anilines is 1. The number of pyridine rings is 1. The number of benzene rings is 1. The molecule has 2 aromatic heterocycles. The minimum atomic E-state index is -4.53. The molecule has 0 spiro atoms. The number of imidazole rings is 1. The van der Waals surface area contributed by atoms with E-state index in [4.69, 9.17) is 9.47 Å². The first-order chi connectivity index (χ1) is 14.3. The number of rotatable bonds is 7. The Bertz CT molecular complexity index is 1060. The molecule has 1 amide bonds. The molecule has 0 saturated carbocycles. The molecule has 0 fully saturated rings. The molecule has 0 saturated heterocycles. The van der Waals surface area contributed by atoms with Gasteiger partial charge in [0.1, 0.15) is 11.3 Å². The molecule has 30 heavy (non-hydrogen) atoms. The first-order valence-corrected chi connectivity index (χ1v) is 9.57. The molecular weight excluding hydrogens is 399 g/mol. The van der Waals surface area contributed by atoms with Gasteiger partial charge >= 0.3 is 6.18 Å². The van der Waals surface area contributed by atoms with E-state index in [1.54, 1.807) is 25.1 Å². The lowest BCUT2D eigenvalue weighted by atomic mass is 10.2. The molecule has 1 N–H and O–H groups in total. The minimum Gasteiger partial charge on any atom is -0.490 e. The normalized spacial score (nSPS) is 11.5. The number of amides is 1. The van der Waals surface area contributed by atoms with Crippen molar-refractivity contribution in [3.63, 3.8) is 0 Å². The first kappa shape index (κ1) is 21.5. The third kappa shape index (κ3) is 4.34. The highest BCUT2D eigenvalue weighted by Gasteiger charge is 2.32. The number of hydrogen-bond acceptors (Lipinski definition) is 4. The van der Waals surface area contributed by atoms with Gasteiger partial charge in [0.25, 0.3) is 5.91 Å². The van der Waals surface area contributed by atoms with E-state index >= 15 is 0 Å². The lowest BCUT2D eigenvalue weighted by molar-refractivity contribution is -0.137. The van der Waals surface area contributed by atoms with E-state index in [-0.39, 0.29) is 11.3 Å².